The molecular weight excluding hydrogens is 345 g/mol. The molecule has 0 aliphatic heterocycles. The van der Waals surface area contributed by atoms with Gasteiger partial charge in [0, 0.05) is 12.3 Å². The van der Waals surface area contributed by atoms with Crippen molar-refractivity contribution in [1.29, 1.82) is 0 Å². The van der Waals surface area contributed by atoms with Crippen LogP contribution < -0.4 is 5.32 Å². The summed E-state index contributed by atoms with van der Waals surface area (Å²) in [5.41, 5.74) is 2.90. The van der Waals surface area contributed by atoms with E-state index in [1.165, 1.54) is 10.6 Å². The fraction of sp³-hybridized carbons (Fsp3) is 0.150. The first-order chi connectivity index (χ1) is 13.2. The van der Waals surface area contributed by atoms with E-state index in [9.17, 15) is 4.39 Å². The summed E-state index contributed by atoms with van der Waals surface area (Å²) in [5, 5.41) is 15.9. The van der Waals surface area contributed by atoms with Gasteiger partial charge in [-0.1, -0.05) is 24.3 Å². The van der Waals surface area contributed by atoms with Gasteiger partial charge in [0.1, 0.15) is 5.82 Å². The Bertz CT molecular complexity index is 1060. The summed E-state index contributed by atoms with van der Waals surface area (Å²) < 4.78 is 21.1. The van der Waals surface area contributed by atoms with E-state index in [1.807, 2.05) is 37.3 Å². The number of hydrogen-bond acceptors (Lipinski definition) is 5. The Balaban J connectivity index is 1.62. The fourth-order valence-corrected chi connectivity index (χ4v) is 2.72. The molecule has 0 aliphatic carbocycles. The van der Waals surface area contributed by atoms with Crippen LogP contribution in [0.3, 0.4) is 0 Å². The highest BCUT2D eigenvalue weighted by molar-refractivity contribution is 5.62. The third kappa shape index (κ3) is 3.63. The number of halogens is 1. The highest BCUT2D eigenvalue weighted by Crippen LogP contribution is 2.22. The van der Waals surface area contributed by atoms with E-state index < -0.39 is 0 Å². The molecule has 6 nitrogen and oxygen atoms in total. The molecule has 1 N–H and O–H groups in total. The van der Waals surface area contributed by atoms with Gasteiger partial charge in [0.15, 0.2) is 17.3 Å². The molecule has 0 fully saturated rings. The molecule has 0 atom stereocenters. The van der Waals surface area contributed by atoms with Gasteiger partial charge in [-0.25, -0.2) is 4.39 Å². The number of ether oxygens (including phenoxy) is 1. The minimum absolute atomic E-state index is 0.356. The zero-order valence-corrected chi connectivity index (χ0v) is 14.8. The van der Waals surface area contributed by atoms with Crippen LogP contribution in [0, 0.1) is 5.82 Å². The number of nitrogens with zero attached hydrogens (tertiary/aromatic N) is 4. The van der Waals surface area contributed by atoms with Gasteiger partial charge < -0.3 is 10.1 Å². The first-order valence-electron chi connectivity index (χ1n) is 8.65. The van der Waals surface area contributed by atoms with Crippen molar-refractivity contribution in [3.8, 4) is 11.4 Å². The monoisotopic (exact) mass is 363 g/mol. The Morgan fingerprint density at radius 3 is 2.59 bits per heavy atom. The molecule has 0 amide bonds. The lowest BCUT2D eigenvalue weighted by molar-refractivity contribution is 0.134. The number of hydrogen-bond donors (Lipinski definition) is 1. The zero-order chi connectivity index (χ0) is 18.6. The van der Waals surface area contributed by atoms with Crippen molar-refractivity contribution in [2.45, 2.75) is 13.5 Å². The molecule has 0 saturated heterocycles. The summed E-state index contributed by atoms with van der Waals surface area (Å²) in [6.45, 7) is 3.25. The first-order valence-corrected chi connectivity index (χ1v) is 8.65. The predicted molar refractivity (Wildman–Crippen MR) is 101 cm³/mol. The molecule has 0 spiro atoms. The SMILES string of the molecule is CCOCc1ccc(Nc2ccc3nnc(-c4ccccc4F)n3n2)cc1. The van der Waals surface area contributed by atoms with Crippen molar-refractivity contribution < 1.29 is 9.13 Å². The minimum Gasteiger partial charge on any atom is -0.377 e. The van der Waals surface area contributed by atoms with Crippen LogP contribution in [-0.4, -0.2) is 26.4 Å². The summed E-state index contributed by atoms with van der Waals surface area (Å²) in [6, 6.07) is 18.0. The van der Waals surface area contributed by atoms with Crippen LogP contribution in [0.1, 0.15) is 12.5 Å². The van der Waals surface area contributed by atoms with Crippen LogP contribution in [0.5, 0.6) is 0 Å². The summed E-state index contributed by atoms with van der Waals surface area (Å²) in [4.78, 5) is 0. The molecular formula is C20H18FN5O. The molecule has 7 heteroatoms. The van der Waals surface area contributed by atoms with Gasteiger partial charge in [0.05, 0.1) is 12.2 Å². The van der Waals surface area contributed by atoms with Crippen LogP contribution in [0.2, 0.25) is 0 Å². The second-order valence-electron chi connectivity index (χ2n) is 5.95. The molecule has 0 saturated carbocycles. The fourth-order valence-electron chi connectivity index (χ4n) is 2.72. The molecule has 0 unspecified atom stereocenters. The average molecular weight is 363 g/mol. The number of anilines is 2. The van der Waals surface area contributed by atoms with E-state index in [0.717, 1.165) is 11.3 Å². The average Bonchev–Trinajstić information content (AvgIpc) is 3.11. The van der Waals surface area contributed by atoms with Gasteiger partial charge in [-0.05, 0) is 48.9 Å². The van der Waals surface area contributed by atoms with E-state index in [-0.39, 0.29) is 5.82 Å². The lowest BCUT2D eigenvalue weighted by Gasteiger charge is -2.08. The maximum absolute atomic E-state index is 14.1. The molecule has 0 radical (unpaired) electrons. The lowest BCUT2D eigenvalue weighted by Crippen LogP contribution is -2.01. The van der Waals surface area contributed by atoms with Gasteiger partial charge in [0.2, 0.25) is 0 Å². The normalized spacial score (nSPS) is 11.0. The van der Waals surface area contributed by atoms with Crippen molar-refractivity contribution in [2.24, 2.45) is 0 Å². The number of fused-ring (bicyclic) bond motifs is 1. The van der Waals surface area contributed by atoms with E-state index in [4.69, 9.17) is 4.74 Å². The van der Waals surface area contributed by atoms with Crippen molar-refractivity contribution in [1.82, 2.24) is 19.8 Å². The standard InChI is InChI=1S/C20H18FN5O/c1-2-27-13-14-7-9-15(10-8-14)22-18-11-12-19-23-24-20(26(19)25-18)16-5-3-4-6-17(16)21/h3-12H,2,13H2,1H3,(H,22,25). The lowest BCUT2D eigenvalue weighted by atomic mass is 10.2. The Hall–Kier alpha value is -3.32. The topological polar surface area (TPSA) is 64.3 Å². The molecule has 2 aromatic heterocycles. The number of benzene rings is 2. The highest BCUT2D eigenvalue weighted by atomic mass is 19.1. The maximum Gasteiger partial charge on any atom is 0.188 e. The zero-order valence-electron chi connectivity index (χ0n) is 14.8. The highest BCUT2D eigenvalue weighted by Gasteiger charge is 2.13. The van der Waals surface area contributed by atoms with Crippen LogP contribution in [0.4, 0.5) is 15.9 Å². The molecule has 0 bridgehead atoms. The van der Waals surface area contributed by atoms with Gasteiger partial charge >= 0.3 is 0 Å². The molecule has 2 heterocycles. The summed E-state index contributed by atoms with van der Waals surface area (Å²) in [7, 11) is 0. The third-order valence-corrected chi connectivity index (χ3v) is 4.08. The van der Waals surface area contributed by atoms with Gasteiger partial charge in [0.25, 0.3) is 0 Å². The minimum atomic E-state index is -0.364. The largest absolute Gasteiger partial charge is 0.377 e. The summed E-state index contributed by atoms with van der Waals surface area (Å²) >= 11 is 0. The second-order valence-corrected chi connectivity index (χ2v) is 5.95. The van der Waals surface area contributed by atoms with Crippen molar-refractivity contribution in [3.05, 3.63) is 72.0 Å². The number of aromatic nitrogens is 4. The van der Waals surface area contributed by atoms with E-state index >= 15 is 0 Å². The van der Waals surface area contributed by atoms with E-state index in [1.54, 1.807) is 24.3 Å². The van der Waals surface area contributed by atoms with Crippen molar-refractivity contribution in [3.63, 3.8) is 0 Å². The number of rotatable bonds is 6. The predicted octanol–water partition coefficient (Wildman–Crippen LogP) is 4.21. The van der Waals surface area contributed by atoms with Crippen LogP contribution in [0.15, 0.2) is 60.7 Å². The summed E-state index contributed by atoms with van der Waals surface area (Å²) in [6.07, 6.45) is 0. The molecule has 27 heavy (non-hydrogen) atoms. The Morgan fingerprint density at radius 2 is 1.81 bits per heavy atom. The van der Waals surface area contributed by atoms with Gasteiger partial charge in [-0.2, -0.15) is 4.52 Å². The smallest absolute Gasteiger partial charge is 0.188 e. The second kappa shape index (κ2) is 7.51. The quantitative estimate of drug-likeness (QED) is 0.556. The maximum atomic E-state index is 14.1. The molecule has 4 aromatic rings. The molecule has 136 valence electrons. The van der Waals surface area contributed by atoms with Crippen LogP contribution in [-0.2, 0) is 11.3 Å². The van der Waals surface area contributed by atoms with E-state index in [0.29, 0.717) is 36.1 Å². The van der Waals surface area contributed by atoms with Gasteiger partial charge in [-0.3, -0.25) is 0 Å². The molecule has 4 rings (SSSR count). The number of nitrogens with one attached hydrogen (secondary N) is 1. The summed E-state index contributed by atoms with van der Waals surface area (Å²) in [5.74, 6) is 0.605. The molecule has 2 aromatic carbocycles. The Labute approximate surface area is 155 Å². The van der Waals surface area contributed by atoms with E-state index in [2.05, 4.69) is 20.6 Å². The van der Waals surface area contributed by atoms with Crippen LogP contribution in [0.25, 0.3) is 17.0 Å². The Kier molecular flexibility index (Phi) is 4.76. The van der Waals surface area contributed by atoms with Crippen molar-refractivity contribution >= 4 is 17.2 Å². The first kappa shape index (κ1) is 17.1. The third-order valence-electron chi connectivity index (χ3n) is 4.08. The Morgan fingerprint density at radius 1 is 1.00 bits per heavy atom. The van der Waals surface area contributed by atoms with Crippen LogP contribution >= 0.6 is 0 Å². The van der Waals surface area contributed by atoms with Crippen molar-refractivity contribution in [2.75, 3.05) is 11.9 Å². The van der Waals surface area contributed by atoms with Gasteiger partial charge in [-0.15, -0.1) is 15.3 Å². The molecule has 0 aliphatic rings.